The van der Waals surface area contributed by atoms with Crippen molar-refractivity contribution in [3.63, 3.8) is 0 Å². The first-order valence-electron chi connectivity index (χ1n) is 9.23. The predicted molar refractivity (Wildman–Crippen MR) is 102 cm³/mol. The minimum Gasteiger partial charge on any atom is -0.482 e. The van der Waals surface area contributed by atoms with Crippen LogP contribution in [0.25, 0.3) is 0 Å². The third-order valence-corrected chi connectivity index (χ3v) is 5.75. The molecule has 26 heavy (non-hydrogen) atoms. The quantitative estimate of drug-likeness (QED) is 0.797. The average molecular weight is 382 g/mol. The Morgan fingerprint density at radius 3 is 2.58 bits per heavy atom. The van der Waals surface area contributed by atoms with Gasteiger partial charge >= 0.3 is 0 Å². The Morgan fingerprint density at radius 2 is 1.88 bits per heavy atom. The number of amides is 1. The van der Waals surface area contributed by atoms with Crippen molar-refractivity contribution in [1.29, 1.82) is 0 Å². The van der Waals surface area contributed by atoms with E-state index >= 15 is 0 Å². The number of ether oxygens (including phenoxy) is 1. The molecule has 2 heterocycles. The molecule has 1 amide bonds. The smallest absolute Gasteiger partial charge is 0.260 e. The van der Waals surface area contributed by atoms with Gasteiger partial charge < -0.3 is 24.5 Å². The van der Waals surface area contributed by atoms with Gasteiger partial charge in [-0.3, -0.25) is 4.79 Å². The number of hydrogen-bond acceptors (Lipinski definition) is 5. The topological polar surface area (TPSA) is 56.2 Å². The first-order valence-corrected chi connectivity index (χ1v) is 9.61. The van der Waals surface area contributed by atoms with Crippen molar-refractivity contribution in [2.24, 2.45) is 11.8 Å². The molecule has 0 aromatic heterocycles. The highest BCUT2D eigenvalue weighted by Gasteiger charge is 2.36. The summed E-state index contributed by atoms with van der Waals surface area (Å²) < 4.78 is 5.58. The van der Waals surface area contributed by atoms with Gasteiger partial charge in [-0.15, -0.1) is 0 Å². The number of likely N-dealkylation sites (tertiary alicyclic amines) is 1. The zero-order valence-electron chi connectivity index (χ0n) is 15.3. The van der Waals surface area contributed by atoms with Crippen molar-refractivity contribution in [2.75, 3.05) is 66.1 Å². The number of halogens is 1. The molecule has 2 aliphatic heterocycles. The Hall–Kier alpha value is -1.34. The molecule has 2 fully saturated rings. The summed E-state index contributed by atoms with van der Waals surface area (Å²) >= 11 is 6.06. The van der Waals surface area contributed by atoms with Crippen LogP contribution < -0.4 is 4.74 Å². The van der Waals surface area contributed by atoms with E-state index < -0.39 is 0 Å². The maximum atomic E-state index is 12.5. The minimum absolute atomic E-state index is 0.0247. The number of nitrogens with zero attached hydrogens (tertiary/aromatic N) is 3. The van der Waals surface area contributed by atoms with Gasteiger partial charge in [-0.25, -0.2) is 0 Å². The number of para-hydroxylation sites is 1. The van der Waals surface area contributed by atoms with E-state index in [1.54, 1.807) is 12.1 Å². The average Bonchev–Trinajstić information content (AvgIpc) is 3.05. The highest BCUT2D eigenvalue weighted by Crippen LogP contribution is 2.26. The van der Waals surface area contributed by atoms with Crippen LogP contribution in [0.15, 0.2) is 24.3 Å². The van der Waals surface area contributed by atoms with Gasteiger partial charge in [0.2, 0.25) is 0 Å². The summed E-state index contributed by atoms with van der Waals surface area (Å²) in [6.07, 6.45) is 0. The molecule has 2 saturated heterocycles. The molecular weight excluding hydrogens is 354 g/mol. The van der Waals surface area contributed by atoms with Crippen molar-refractivity contribution in [3.05, 3.63) is 29.3 Å². The van der Waals surface area contributed by atoms with Crippen molar-refractivity contribution in [2.45, 2.75) is 0 Å². The van der Waals surface area contributed by atoms with Crippen LogP contribution in [-0.2, 0) is 4.79 Å². The van der Waals surface area contributed by atoms with E-state index in [9.17, 15) is 9.90 Å². The highest BCUT2D eigenvalue weighted by molar-refractivity contribution is 6.32. The molecule has 2 aliphatic rings. The molecule has 1 N–H and O–H groups in total. The normalized spacial score (nSPS) is 24.8. The number of carbonyl (C=O) groups excluding carboxylic acids is 1. The van der Waals surface area contributed by atoms with Gasteiger partial charge in [-0.05, 0) is 25.1 Å². The largest absolute Gasteiger partial charge is 0.482 e. The fourth-order valence-corrected chi connectivity index (χ4v) is 3.90. The lowest BCUT2D eigenvalue weighted by molar-refractivity contribution is -0.132. The second-order valence-electron chi connectivity index (χ2n) is 7.32. The van der Waals surface area contributed by atoms with Crippen LogP contribution in [0.5, 0.6) is 5.75 Å². The standard InChI is InChI=1S/C19H28ClN3O3/c1-21-6-8-22(9-7-21)10-15-11-23(12-16(15)13-24)19(25)14-26-18-5-3-2-4-17(18)20/h2-5,15-16,24H,6-14H2,1H3/t15-,16-/m1/s1. The molecule has 0 spiro atoms. The van der Waals surface area contributed by atoms with Crippen LogP contribution in [0, 0.1) is 11.8 Å². The number of aliphatic hydroxyl groups is 1. The van der Waals surface area contributed by atoms with Crippen LogP contribution in [0.3, 0.4) is 0 Å². The lowest BCUT2D eigenvalue weighted by atomic mass is 9.96. The van der Waals surface area contributed by atoms with E-state index in [0.717, 1.165) is 32.7 Å². The Balaban J connectivity index is 1.51. The van der Waals surface area contributed by atoms with Crippen LogP contribution >= 0.6 is 11.6 Å². The van der Waals surface area contributed by atoms with Gasteiger partial charge in [0.05, 0.1) is 5.02 Å². The summed E-state index contributed by atoms with van der Waals surface area (Å²) in [6, 6.07) is 7.15. The molecule has 0 radical (unpaired) electrons. The maximum absolute atomic E-state index is 12.5. The van der Waals surface area contributed by atoms with E-state index in [2.05, 4.69) is 16.8 Å². The lowest BCUT2D eigenvalue weighted by Crippen LogP contribution is -2.47. The summed E-state index contributed by atoms with van der Waals surface area (Å²) in [5.74, 6) is 0.922. The van der Waals surface area contributed by atoms with Gasteiger partial charge in [0.1, 0.15) is 5.75 Å². The number of carbonyl (C=O) groups is 1. The summed E-state index contributed by atoms with van der Waals surface area (Å²) in [5.41, 5.74) is 0. The third-order valence-electron chi connectivity index (χ3n) is 5.44. The van der Waals surface area contributed by atoms with E-state index in [1.165, 1.54) is 0 Å². The Kier molecular flexibility index (Phi) is 6.75. The van der Waals surface area contributed by atoms with Gasteiger partial charge in [0.25, 0.3) is 5.91 Å². The van der Waals surface area contributed by atoms with Crippen molar-refractivity contribution < 1.29 is 14.6 Å². The summed E-state index contributed by atoms with van der Waals surface area (Å²) in [6.45, 7) is 6.56. The lowest BCUT2D eigenvalue weighted by Gasteiger charge is -2.34. The van der Waals surface area contributed by atoms with Crippen molar-refractivity contribution in [1.82, 2.24) is 14.7 Å². The first-order chi connectivity index (χ1) is 12.6. The number of hydrogen-bond donors (Lipinski definition) is 1. The van der Waals surface area contributed by atoms with Crippen molar-refractivity contribution >= 4 is 17.5 Å². The maximum Gasteiger partial charge on any atom is 0.260 e. The summed E-state index contributed by atoms with van der Waals surface area (Å²) in [7, 11) is 2.14. The van der Waals surface area contributed by atoms with Crippen LogP contribution in [-0.4, -0.2) is 91.8 Å². The Morgan fingerprint density at radius 1 is 1.19 bits per heavy atom. The summed E-state index contributed by atoms with van der Waals surface area (Å²) in [5, 5.41) is 10.2. The monoisotopic (exact) mass is 381 g/mol. The number of benzene rings is 1. The summed E-state index contributed by atoms with van der Waals surface area (Å²) in [4.78, 5) is 19.1. The molecule has 7 heteroatoms. The van der Waals surface area contributed by atoms with Crippen LogP contribution in [0.2, 0.25) is 5.02 Å². The predicted octanol–water partition coefficient (Wildman–Crippen LogP) is 1.03. The van der Waals surface area contributed by atoms with Gasteiger partial charge in [0, 0.05) is 58.3 Å². The molecule has 6 nitrogen and oxygen atoms in total. The molecule has 0 bridgehead atoms. The second kappa shape index (κ2) is 9.04. The minimum atomic E-state index is -0.0516. The zero-order chi connectivity index (χ0) is 18.5. The fraction of sp³-hybridized carbons (Fsp3) is 0.632. The molecule has 0 unspecified atom stereocenters. The van der Waals surface area contributed by atoms with Gasteiger partial charge in [-0.2, -0.15) is 0 Å². The molecule has 3 rings (SSSR count). The molecule has 0 saturated carbocycles. The molecule has 0 aliphatic carbocycles. The molecule has 144 valence electrons. The highest BCUT2D eigenvalue weighted by atomic mass is 35.5. The third kappa shape index (κ3) is 4.88. The zero-order valence-corrected chi connectivity index (χ0v) is 16.1. The Bertz CT molecular complexity index is 607. The van der Waals surface area contributed by atoms with Crippen LogP contribution in [0.1, 0.15) is 0 Å². The van der Waals surface area contributed by atoms with E-state index in [4.69, 9.17) is 16.3 Å². The van der Waals surface area contributed by atoms with E-state index in [-0.39, 0.29) is 25.0 Å². The molecule has 2 atom stereocenters. The second-order valence-corrected chi connectivity index (χ2v) is 7.73. The first kappa shape index (κ1) is 19.4. The number of piperazine rings is 1. The van der Waals surface area contributed by atoms with E-state index in [0.29, 0.717) is 29.8 Å². The molecule has 1 aromatic rings. The van der Waals surface area contributed by atoms with Gasteiger partial charge in [-0.1, -0.05) is 23.7 Å². The van der Waals surface area contributed by atoms with Crippen molar-refractivity contribution in [3.8, 4) is 5.75 Å². The molecular formula is C19H28ClN3O3. The van der Waals surface area contributed by atoms with Gasteiger partial charge in [0.15, 0.2) is 6.61 Å². The number of rotatable bonds is 6. The van der Waals surface area contributed by atoms with Crippen LogP contribution in [0.4, 0.5) is 0 Å². The molecule has 1 aromatic carbocycles. The number of aliphatic hydroxyl groups excluding tert-OH is 1. The SMILES string of the molecule is CN1CCN(C[C@@H]2CN(C(=O)COc3ccccc3Cl)C[C@@H]2CO)CC1. The fourth-order valence-electron chi connectivity index (χ4n) is 3.71. The van der Waals surface area contributed by atoms with E-state index in [1.807, 2.05) is 17.0 Å². The Labute approximate surface area is 160 Å². The number of likely N-dealkylation sites (N-methyl/N-ethyl adjacent to an activating group) is 1.